The zero-order valence-electron chi connectivity index (χ0n) is 22.3. The molecule has 36 heavy (non-hydrogen) atoms. The van der Waals surface area contributed by atoms with Crippen LogP contribution in [0.15, 0.2) is 60.7 Å². The predicted octanol–water partition coefficient (Wildman–Crippen LogP) is 6.11. The number of para-hydroxylation sites is 1. The van der Waals surface area contributed by atoms with E-state index < -0.39 is 6.04 Å². The lowest BCUT2D eigenvalue weighted by molar-refractivity contribution is -0.126. The molecule has 6 heteroatoms. The normalized spacial score (nSPS) is 12.2. The number of hydrogen-bond donors (Lipinski definition) is 2. The Labute approximate surface area is 215 Å². The largest absolute Gasteiger partial charge is 0.344 e. The van der Waals surface area contributed by atoms with E-state index >= 15 is 0 Å². The summed E-state index contributed by atoms with van der Waals surface area (Å²) < 4.78 is 1.79. The van der Waals surface area contributed by atoms with Crippen molar-refractivity contribution in [2.45, 2.75) is 84.6 Å². The van der Waals surface area contributed by atoms with Crippen LogP contribution in [0.5, 0.6) is 0 Å². The number of nitrogens with zero attached hydrogens (tertiary/aromatic N) is 2. The minimum absolute atomic E-state index is 0.0926. The Balaban J connectivity index is 1.86. The lowest BCUT2D eigenvalue weighted by Gasteiger charge is -2.19. The molecule has 3 rings (SSSR count). The maximum atomic E-state index is 13.6. The summed E-state index contributed by atoms with van der Waals surface area (Å²) in [5.74, 6) is 0.246. The van der Waals surface area contributed by atoms with Crippen molar-refractivity contribution in [1.82, 2.24) is 15.1 Å². The first-order chi connectivity index (χ1) is 17.2. The van der Waals surface area contributed by atoms with Crippen molar-refractivity contribution in [3.05, 3.63) is 77.5 Å². The molecule has 0 spiro atoms. The molecule has 6 nitrogen and oxygen atoms in total. The molecule has 0 bridgehead atoms. The molecular formula is C30H40N4O2. The molecule has 192 valence electrons. The van der Waals surface area contributed by atoms with Crippen molar-refractivity contribution in [3.63, 3.8) is 0 Å². The quantitative estimate of drug-likeness (QED) is 0.320. The average Bonchev–Trinajstić information content (AvgIpc) is 3.26. The van der Waals surface area contributed by atoms with E-state index in [0.717, 1.165) is 48.2 Å². The summed E-state index contributed by atoms with van der Waals surface area (Å²) >= 11 is 0. The van der Waals surface area contributed by atoms with Gasteiger partial charge in [-0.3, -0.25) is 9.59 Å². The summed E-state index contributed by atoms with van der Waals surface area (Å²) in [6, 6.07) is 19.0. The number of unbranched alkanes of at least 4 members (excludes halogenated alkanes) is 3. The Morgan fingerprint density at radius 2 is 1.67 bits per heavy atom. The van der Waals surface area contributed by atoms with Crippen LogP contribution in [-0.4, -0.2) is 27.6 Å². The van der Waals surface area contributed by atoms with Gasteiger partial charge in [0.05, 0.1) is 11.4 Å². The van der Waals surface area contributed by atoms with Crippen LogP contribution in [-0.2, 0) is 21.4 Å². The van der Waals surface area contributed by atoms with Gasteiger partial charge >= 0.3 is 0 Å². The number of carbonyl (C=O) groups excluding carboxylic acids is 2. The van der Waals surface area contributed by atoms with Crippen LogP contribution >= 0.6 is 0 Å². The number of anilines is 1. The molecule has 0 aliphatic carbocycles. The molecule has 0 aliphatic heterocycles. The number of benzene rings is 2. The number of aromatic nitrogens is 2. The molecule has 1 unspecified atom stereocenters. The van der Waals surface area contributed by atoms with Crippen molar-refractivity contribution < 1.29 is 9.59 Å². The van der Waals surface area contributed by atoms with Crippen LogP contribution in [0.1, 0.15) is 76.6 Å². The highest BCUT2D eigenvalue weighted by Gasteiger charge is 2.26. The zero-order chi connectivity index (χ0) is 26.1. The molecule has 1 atom stereocenters. The van der Waals surface area contributed by atoms with Gasteiger partial charge in [-0.2, -0.15) is 5.10 Å². The van der Waals surface area contributed by atoms with Crippen LogP contribution in [0, 0.1) is 6.92 Å². The number of nitrogens with one attached hydrogen (secondary N) is 2. The topological polar surface area (TPSA) is 76.0 Å². The van der Waals surface area contributed by atoms with E-state index in [0.29, 0.717) is 18.7 Å². The van der Waals surface area contributed by atoms with Gasteiger partial charge < -0.3 is 10.6 Å². The van der Waals surface area contributed by atoms with Gasteiger partial charge in [0.1, 0.15) is 11.9 Å². The second-order valence-corrected chi connectivity index (χ2v) is 10.5. The first-order valence-electron chi connectivity index (χ1n) is 13.0. The summed E-state index contributed by atoms with van der Waals surface area (Å²) in [7, 11) is 0. The van der Waals surface area contributed by atoms with E-state index in [-0.39, 0.29) is 17.2 Å². The summed E-state index contributed by atoms with van der Waals surface area (Å²) in [5.41, 5.74) is 3.64. The van der Waals surface area contributed by atoms with E-state index in [9.17, 15) is 9.59 Å². The van der Waals surface area contributed by atoms with Gasteiger partial charge in [-0.1, -0.05) is 95.5 Å². The maximum Gasteiger partial charge on any atom is 0.248 e. The van der Waals surface area contributed by atoms with Gasteiger partial charge in [0, 0.05) is 24.3 Å². The standard InChI is InChI=1S/C30H40N4O2/c1-6-7-8-12-19-28(35)31-24(20-23-16-10-9-11-17-23)29(36)32-27-21-26(30(3,4)5)33-34(27)25-18-14-13-15-22(25)2/h9-11,13-18,21,24H,6-8,12,19-20H2,1-5H3,(H,31,35)(H,32,36). The first kappa shape index (κ1) is 27.2. The summed E-state index contributed by atoms with van der Waals surface area (Å²) in [6.45, 7) is 10.5. The first-order valence-corrected chi connectivity index (χ1v) is 13.0. The van der Waals surface area contributed by atoms with Crippen LogP contribution in [0.25, 0.3) is 5.69 Å². The smallest absolute Gasteiger partial charge is 0.248 e. The number of amides is 2. The van der Waals surface area contributed by atoms with Gasteiger partial charge in [-0.25, -0.2) is 4.68 Å². The van der Waals surface area contributed by atoms with E-state index in [2.05, 4.69) is 38.3 Å². The van der Waals surface area contributed by atoms with Crippen molar-refractivity contribution in [2.24, 2.45) is 0 Å². The Morgan fingerprint density at radius 1 is 0.972 bits per heavy atom. The molecule has 0 radical (unpaired) electrons. The summed E-state index contributed by atoms with van der Waals surface area (Å²) in [5, 5.41) is 10.9. The Hall–Kier alpha value is -3.41. The van der Waals surface area contributed by atoms with Gasteiger partial charge in [-0.15, -0.1) is 0 Å². The average molecular weight is 489 g/mol. The lowest BCUT2D eigenvalue weighted by Crippen LogP contribution is -2.45. The lowest BCUT2D eigenvalue weighted by atomic mass is 9.92. The Bertz CT molecular complexity index is 1150. The SMILES string of the molecule is CCCCCCC(=O)NC(Cc1ccccc1)C(=O)Nc1cc(C(C)(C)C)nn1-c1ccccc1C. The second kappa shape index (κ2) is 12.5. The maximum absolute atomic E-state index is 13.6. The molecule has 2 amide bonds. The van der Waals surface area contributed by atoms with E-state index in [4.69, 9.17) is 5.10 Å². The second-order valence-electron chi connectivity index (χ2n) is 10.5. The molecule has 1 aromatic heterocycles. The van der Waals surface area contributed by atoms with Crippen molar-refractivity contribution >= 4 is 17.6 Å². The molecule has 2 aromatic carbocycles. The number of carbonyl (C=O) groups is 2. The predicted molar refractivity (Wildman–Crippen MR) is 146 cm³/mol. The van der Waals surface area contributed by atoms with Crippen molar-refractivity contribution in [2.75, 3.05) is 5.32 Å². The van der Waals surface area contributed by atoms with Gasteiger partial charge in [0.15, 0.2) is 0 Å². The van der Waals surface area contributed by atoms with Crippen molar-refractivity contribution in [3.8, 4) is 5.69 Å². The highest BCUT2D eigenvalue weighted by Crippen LogP contribution is 2.27. The fraction of sp³-hybridized carbons (Fsp3) is 0.433. The minimum atomic E-state index is -0.690. The van der Waals surface area contributed by atoms with E-state index in [1.165, 1.54) is 0 Å². The molecule has 0 fully saturated rings. The highest BCUT2D eigenvalue weighted by atomic mass is 16.2. The fourth-order valence-corrected chi connectivity index (χ4v) is 4.07. The number of hydrogen-bond acceptors (Lipinski definition) is 3. The third kappa shape index (κ3) is 7.54. The molecule has 2 N–H and O–H groups in total. The highest BCUT2D eigenvalue weighted by molar-refractivity contribution is 5.97. The van der Waals surface area contributed by atoms with Crippen LogP contribution in [0.3, 0.4) is 0 Å². The van der Waals surface area contributed by atoms with Crippen molar-refractivity contribution in [1.29, 1.82) is 0 Å². The monoisotopic (exact) mass is 488 g/mol. The van der Waals surface area contributed by atoms with Gasteiger partial charge in [0.2, 0.25) is 11.8 Å². The van der Waals surface area contributed by atoms with Crippen LogP contribution in [0.4, 0.5) is 5.82 Å². The molecule has 1 heterocycles. The zero-order valence-corrected chi connectivity index (χ0v) is 22.3. The minimum Gasteiger partial charge on any atom is -0.344 e. The molecule has 3 aromatic rings. The molecular weight excluding hydrogens is 448 g/mol. The third-order valence-corrected chi connectivity index (χ3v) is 6.26. The number of rotatable bonds is 11. The van der Waals surface area contributed by atoms with E-state index in [1.807, 2.05) is 67.6 Å². The Morgan fingerprint density at radius 3 is 2.33 bits per heavy atom. The molecule has 0 saturated heterocycles. The Kier molecular flexibility index (Phi) is 9.45. The van der Waals surface area contributed by atoms with Crippen LogP contribution in [0.2, 0.25) is 0 Å². The fourth-order valence-electron chi connectivity index (χ4n) is 4.07. The van der Waals surface area contributed by atoms with E-state index in [1.54, 1.807) is 4.68 Å². The van der Waals surface area contributed by atoms with Gasteiger partial charge in [-0.05, 0) is 30.5 Å². The summed E-state index contributed by atoms with van der Waals surface area (Å²) in [4.78, 5) is 26.3. The number of aryl methyl sites for hydroxylation is 1. The van der Waals surface area contributed by atoms with Gasteiger partial charge in [0.25, 0.3) is 0 Å². The third-order valence-electron chi connectivity index (χ3n) is 6.26. The molecule has 0 aliphatic rings. The molecule has 0 saturated carbocycles. The van der Waals surface area contributed by atoms with Crippen LogP contribution < -0.4 is 10.6 Å². The summed E-state index contributed by atoms with van der Waals surface area (Å²) in [6.07, 6.45) is 4.91.